The summed E-state index contributed by atoms with van der Waals surface area (Å²) in [7, 11) is 1.96. The molecule has 1 aliphatic rings. The fourth-order valence-electron chi connectivity index (χ4n) is 2.78. The van der Waals surface area contributed by atoms with Gasteiger partial charge >= 0.3 is 0 Å². The van der Waals surface area contributed by atoms with E-state index in [0.717, 1.165) is 56.1 Å². The largest absolute Gasteiger partial charge is 0.353 e. The zero-order chi connectivity index (χ0) is 17.5. The van der Waals surface area contributed by atoms with Gasteiger partial charge < -0.3 is 15.5 Å². The van der Waals surface area contributed by atoms with Gasteiger partial charge in [0.25, 0.3) is 0 Å². The van der Waals surface area contributed by atoms with Gasteiger partial charge in [0.15, 0.2) is 0 Å². The molecule has 1 aromatic carbocycles. The highest BCUT2D eigenvalue weighted by atomic mass is 35.5. The van der Waals surface area contributed by atoms with E-state index >= 15 is 0 Å². The van der Waals surface area contributed by atoms with Gasteiger partial charge in [0, 0.05) is 43.5 Å². The van der Waals surface area contributed by atoms with Crippen LogP contribution in [0.4, 0.5) is 5.82 Å². The molecular formula is C20H23ClN4. The van der Waals surface area contributed by atoms with E-state index in [0.29, 0.717) is 5.02 Å². The summed E-state index contributed by atoms with van der Waals surface area (Å²) in [5.74, 6) is 7.19. The molecule has 2 aromatic rings. The Kier molecular flexibility index (Phi) is 6.30. The van der Waals surface area contributed by atoms with Gasteiger partial charge in [-0.3, -0.25) is 0 Å². The quantitative estimate of drug-likeness (QED) is 0.827. The number of rotatable bonds is 4. The average molecular weight is 355 g/mol. The number of benzene rings is 1. The Labute approximate surface area is 154 Å². The summed E-state index contributed by atoms with van der Waals surface area (Å²) in [5, 5.41) is 7.15. The monoisotopic (exact) mass is 354 g/mol. The molecule has 0 bridgehead atoms. The van der Waals surface area contributed by atoms with E-state index in [9.17, 15) is 0 Å². The van der Waals surface area contributed by atoms with Crippen LogP contribution in [-0.2, 0) is 6.42 Å². The van der Waals surface area contributed by atoms with Crippen molar-refractivity contribution in [1.82, 2.24) is 15.6 Å². The third-order valence-electron chi connectivity index (χ3n) is 4.21. The molecule has 4 nitrogen and oxygen atoms in total. The van der Waals surface area contributed by atoms with Gasteiger partial charge in [0.05, 0.1) is 5.02 Å². The summed E-state index contributed by atoms with van der Waals surface area (Å²) >= 11 is 6.42. The summed E-state index contributed by atoms with van der Waals surface area (Å²) in [6.45, 7) is 4.76. The van der Waals surface area contributed by atoms with Crippen molar-refractivity contribution in [2.75, 3.05) is 44.7 Å². The van der Waals surface area contributed by atoms with Crippen LogP contribution in [0.5, 0.6) is 0 Å². The van der Waals surface area contributed by atoms with Gasteiger partial charge in [0.2, 0.25) is 0 Å². The number of nitrogens with one attached hydrogen (secondary N) is 2. The minimum Gasteiger partial charge on any atom is -0.353 e. The number of hydrogen-bond acceptors (Lipinski definition) is 4. The molecule has 0 atom stereocenters. The molecule has 0 aliphatic carbocycles. The minimum absolute atomic E-state index is 0.663. The molecule has 2 heterocycles. The molecule has 3 rings (SSSR count). The van der Waals surface area contributed by atoms with Gasteiger partial charge in [-0.05, 0) is 43.8 Å². The van der Waals surface area contributed by atoms with Crippen molar-refractivity contribution < 1.29 is 0 Å². The first-order chi connectivity index (χ1) is 12.3. The van der Waals surface area contributed by atoms with E-state index in [1.54, 1.807) is 6.20 Å². The first-order valence-corrected chi connectivity index (χ1v) is 9.01. The van der Waals surface area contributed by atoms with Crippen molar-refractivity contribution in [3.05, 3.63) is 58.2 Å². The topological polar surface area (TPSA) is 40.2 Å². The molecule has 0 unspecified atom stereocenters. The second-order valence-electron chi connectivity index (χ2n) is 6.07. The Bertz CT molecular complexity index is 756. The smallest absolute Gasteiger partial charge is 0.147 e. The maximum atomic E-state index is 6.42. The second kappa shape index (κ2) is 8.87. The first-order valence-electron chi connectivity index (χ1n) is 8.63. The highest BCUT2D eigenvalue weighted by molar-refractivity contribution is 6.33. The summed E-state index contributed by atoms with van der Waals surface area (Å²) in [6, 6.07) is 10.3. The van der Waals surface area contributed by atoms with E-state index in [-0.39, 0.29) is 0 Å². The summed E-state index contributed by atoms with van der Waals surface area (Å²) in [5.41, 5.74) is 3.14. The third kappa shape index (κ3) is 4.96. The molecule has 1 fully saturated rings. The lowest BCUT2D eigenvalue weighted by Gasteiger charge is -2.28. The highest BCUT2D eigenvalue weighted by Gasteiger charge is 2.14. The number of anilines is 1. The zero-order valence-electron chi connectivity index (χ0n) is 14.5. The van der Waals surface area contributed by atoms with E-state index in [2.05, 4.69) is 56.6 Å². The molecule has 130 valence electrons. The number of piperazine rings is 1. The van der Waals surface area contributed by atoms with Gasteiger partial charge in [0.1, 0.15) is 5.82 Å². The number of aromatic nitrogens is 1. The summed E-state index contributed by atoms with van der Waals surface area (Å²) in [6.07, 6.45) is 2.83. The van der Waals surface area contributed by atoms with E-state index in [4.69, 9.17) is 11.6 Å². The highest BCUT2D eigenvalue weighted by Crippen LogP contribution is 2.24. The molecule has 25 heavy (non-hydrogen) atoms. The number of hydrogen-bond donors (Lipinski definition) is 2. The van der Waals surface area contributed by atoms with Crippen molar-refractivity contribution in [2.45, 2.75) is 6.42 Å². The maximum absolute atomic E-state index is 6.42. The minimum atomic E-state index is 0.663. The van der Waals surface area contributed by atoms with E-state index in [1.807, 2.05) is 13.1 Å². The molecule has 1 aromatic heterocycles. The fourth-order valence-corrected chi connectivity index (χ4v) is 3.06. The lowest BCUT2D eigenvalue weighted by Crippen LogP contribution is -2.44. The molecule has 5 heteroatoms. The van der Waals surface area contributed by atoms with Crippen molar-refractivity contribution in [1.29, 1.82) is 0 Å². The third-order valence-corrected chi connectivity index (χ3v) is 4.49. The SMILES string of the molecule is CNCCc1ccc(C#Cc2cnc(N3CCNCC3)c(Cl)c2)cc1. The lowest BCUT2D eigenvalue weighted by molar-refractivity contribution is 0.585. The Morgan fingerprint density at radius 1 is 1.16 bits per heavy atom. The van der Waals surface area contributed by atoms with Crippen molar-refractivity contribution in [3.8, 4) is 11.8 Å². The van der Waals surface area contributed by atoms with Gasteiger partial charge in [-0.1, -0.05) is 35.6 Å². The first kappa shape index (κ1) is 17.8. The van der Waals surface area contributed by atoms with Gasteiger partial charge in [-0.25, -0.2) is 4.98 Å². The van der Waals surface area contributed by atoms with Crippen LogP contribution in [0.25, 0.3) is 0 Å². The maximum Gasteiger partial charge on any atom is 0.147 e. The molecule has 1 aliphatic heterocycles. The second-order valence-corrected chi connectivity index (χ2v) is 6.47. The predicted molar refractivity (Wildman–Crippen MR) is 104 cm³/mol. The molecule has 0 spiro atoms. The molecule has 2 N–H and O–H groups in total. The number of pyridine rings is 1. The molecule has 0 saturated carbocycles. The van der Waals surface area contributed by atoms with E-state index < -0.39 is 0 Å². The van der Waals surface area contributed by atoms with E-state index in [1.165, 1.54) is 5.56 Å². The lowest BCUT2D eigenvalue weighted by atomic mass is 10.1. The molecule has 1 saturated heterocycles. The van der Waals surface area contributed by atoms with Crippen LogP contribution in [0.15, 0.2) is 36.5 Å². The van der Waals surface area contributed by atoms with Crippen LogP contribution in [0.1, 0.15) is 16.7 Å². The average Bonchev–Trinajstić information content (AvgIpc) is 2.66. The van der Waals surface area contributed by atoms with Crippen LogP contribution in [0, 0.1) is 11.8 Å². The molecule has 0 radical (unpaired) electrons. The Morgan fingerprint density at radius 3 is 2.56 bits per heavy atom. The molecule has 0 amide bonds. The fraction of sp³-hybridized carbons (Fsp3) is 0.350. The van der Waals surface area contributed by atoms with Gasteiger partial charge in [-0.2, -0.15) is 0 Å². The summed E-state index contributed by atoms with van der Waals surface area (Å²) < 4.78 is 0. The predicted octanol–water partition coefficient (Wildman–Crippen LogP) is 2.31. The summed E-state index contributed by atoms with van der Waals surface area (Å²) in [4.78, 5) is 6.73. The van der Waals surface area contributed by atoms with Gasteiger partial charge in [-0.15, -0.1) is 0 Å². The number of likely N-dealkylation sites (N-methyl/N-ethyl adjacent to an activating group) is 1. The Hall–Kier alpha value is -2.06. The van der Waals surface area contributed by atoms with Crippen molar-refractivity contribution >= 4 is 17.4 Å². The number of halogens is 1. The van der Waals surface area contributed by atoms with Crippen LogP contribution < -0.4 is 15.5 Å². The zero-order valence-corrected chi connectivity index (χ0v) is 15.2. The standard InChI is InChI=1S/C20H23ClN4/c1-22-9-8-17-4-2-16(3-5-17)6-7-18-14-19(21)20(24-15-18)25-12-10-23-11-13-25/h2-5,14-15,22-23H,8-13H2,1H3. The van der Waals surface area contributed by atoms with Crippen molar-refractivity contribution in [2.24, 2.45) is 0 Å². The van der Waals surface area contributed by atoms with Crippen LogP contribution in [-0.4, -0.2) is 44.8 Å². The normalized spacial score (nSPS) is 14.1. The van der Waals surface area contributed by atoms with Crippen LogP contribution >= 0.6 is 11.6 Å². The Balaban J connectivity index is 1.69. The van der Waals surface area contributed by atoms with Crippen LogP contribution in [0.2, 0.25) is 5.02 Å². The van der Waals surface area contributed by atoms with Crippen LogP contribution in [0.3, 0.4) is 0 Å². The Morgan fingerprint density at radius 2 is 1.88 bits per heavy atom. The number of nitrogens with zero attached hydrogens (tertiary/aromatic N) is 2. The van der Waals surface area contributed by atoms with Crippen molar-refractivity contribution in [3.63, 3.8) is 0 Å². The molecular weight excluding hydrogens is 332 g/mol.